The molecule has 0 aliphatic carbocycles. The van der Waals surface area contributed by atoms with E-state index in [4.69, 9.17) is 5.11 Å². The monoisotopic (exact) mass is 330 g/mol. The molecule has 0 saturated heterocycles. The van der Waals surface area contributed by atoms with E-state index in [1.807, 2.05) is 36.4 Å². The van der Waals surface area contributed by atoms with Crippen LogP contribution in [0, 0.1) is 0 Å². The molecule has 0 radical (unpaired) electrons. The highest BCUT2D eigenvalue weighted by Gasteiger charge is 2.14. The summed E-state index contributed by atoms with van der Waals surface area (Å²) >= 11 is 0. The zero-order valence-electron chi connectivity index (χ0n) is 13.1. The van der Waals surface area contributed by atoms with Crippen molar-refractivity contribution in [2.75, 3.05) is 5.32 Å². The molecular weight excluding hydrogens is 316 g/mol. The quantitative estimate of drug-likeness (QED) is 0.524. The molecule has 4 aromatic rings. The Bertz CT molecular complexity index is 1130. The smallest absolute Gasteiger partial charge is 0.335 e. The van der Waals surface area contributed by atoms with Crippen LogP contribution >= 0.6 is 0 Å². The summed E-state index contributed by atoms with van der Waals surface area (Å²) in [4.78, 5) is 27.1. The van der Waals surface area contributed by atoms with Gasteiger partial charge in [-0.05, 0) is 30.3 Å². The molecule has 0 atom stereocenters. The van der Waals surface area contributed by atoms with Crippen LogP contribution < -0.4 is 5.32 Å². The summed E-state index contributed by atoms with van der Waals surface area (Å²) in [5, 5.41) is 13.9. The number of fused-ring (bicyclic) bond motifs is 3. The van der Waals surface area contributed by atoms with Gasteiger partial charge in [-0.25, -0.2) is 4.79 Å². The van der Waals surface area contributed by atoms with Crippen molar-refractivity contribution >= 4 is 39.4 Å². The van der Waals surface area contributed by atoms with E-state index in [2.05, 4.69) is 10.3 Å². The highest BCUT2D eigenvalue weighted by molar-refractivity contribution is 6.17. The van der Waals surface area contributed by atoms with Crippen LogP contribution in [0.4, 0.5) is 5.69 Å². The molecule has 0 unspecified atom stereocenters. The largest absolute Gasteiger partial charge is 0.478 e. The van der Waals surface area contributed by atoms with Crippen LogP contribution in [0.15, 0.2) is 66.7 Å². The number of para-hydroxylation sites is 2. The predicted molar refractivity (Wildman–Crippen MR) is 97.2 cm³/mol. The first kappa shape index (κ1) is 15.0. The second-order valence-corrected chi connectivity index (χ2v) is 5.74. The summed E-state index contributed by atoms with van der Waals surface area (Å²) in [6.45, 7) is 0. The Morgan fingerprint density at radius 1 is 0.880 bits per heavy atom. The fourth-order valence-electron chi connectivity index (χ4n) is 2.99. The molecular formula is C20H14N2O3. The van der Waals surface area contributed by atoms with Gasteiger partial charge in [-0.15, -0.1) is 0 Å². The normalized spacial score (nSPS) is 10.9. The van der Waals surface area contributed by atoms with Crippen molar-refractivity contribution in [3.05, 3.63) is 77.9 Å². The molecule has 1 aromatic heterocycles. The van der Waals surface area contributed by atoms with Gasteiger partial charge < -0.3 is 15.4 Å². The molecule has 0 bridgehead atoms. The number of H-pyrrole nitrogens is 1. The zero-order valence-corrected chi connectivity index (χ0v) is 13.1. The molecule has 3 aromatic carbocycles. The van der Waals surface area contributed by atoms with Crippen molar-refractivity contribution < 1.29 is 14.7 Å². The lowest BCUT2D eigenvalue weighted by Crippen LogP contribution is -2.13. The minimum Gasteiger partial charge on any atom is -0.478 e. The number of benzene rings is 3. The average molecular weight is 330 g/mol. The average Bonchev–Trinajstić information content (AvgIpc) is 3.00. The minimum atomic E-state index is -1.03. The third kappa shape index (κ3) is 2.61. The summed E-state index contributed by atoms with van der Waals surface area (Å²) in [6, 6.07) is 19.6. The molecule has 4 rings (SSSR count). The summed E-state index contributed by atoms with van der Waals surface area (Å²) in [5.41, 5.74) is 2.80. The molecule has 0 fully saturated rings. The number of carbonyl (C=O) groups excluding carboxylic acids is 1. The van der Waals surface area contributed by atoms with Crippen molar-refractivity contribution in [3.8, 4) is 0 Å². The van der Waals surface area contributed by atoms with E-state index in [-0.39, 0.29) is 11.5 Å². The number of aromatic nitrogens is 1. The second kappa shape index (κ2) is 5.79. The number of carbonyl (C=O) groups is 2. The molecule has 122 valence electrons. The van der Waals surface area contributed by atoms with Crippen LogP contribution in [0.3, 0.4) is 0 Å². The van der Waals surface area contributed by atoms with Crippen molar-refractivity contribution in [3.63, 3.8) is 0 Å². The molecule has 0 spiro atoms. The number of hydrogen-bond acceptors (Lipinski definition) is 2. The van der Waals surface area contributed by atoms with Crippen molar-refractivity contribution in [1.82, 2.24) is 4.98 Å². The highest BCUT2D eigenvalue weighted by atomic mass is 16.4. The maximum absolute atomic E-state index is 12.7. The lowest BCUT2D eigenvalue weighted by atomic mass is 10.1. The second-order valence-electron chi connectivity index (χ2n) is 5.74. The van der Waals surface area contributed by atoms with E-state index in [0.29, 0.717) is 11.3 Å². The first-order chi connectivity index (χ1) is 12.1. The number of nitrogens with one attached hydrogen (secondary N) is 2. The summed E-state index contributed by atoms with van der Waals surface area (Å²) in [5.74, 6) is -1.33. The fraction of sp³-hybridized carbons (Fsp3) is 0. The number of carboxylic acids is 1. The van der Waals surface area contributed by atoms with Crippen LogP contribution in [-0.4, -0.2) is 22.0 Å². The number of anilines is 1. The van der Waals surface area contributed by atoms with Crippen molar-refractivity contribution in [2.24, 2.45) is 0 Å². The first-order valence-electron chi connectivity index (χ1n) is 7.77. The SMILES string of the molecule is O=C(O)c1cccc(NC(=O)c2cccc3c2[nH]c2ccccc23)c1. The first-order valence-corrected chi connectivity index (χ1v) is 7.77. The van der Waals surface area contributed by atoms with E-state index >= 15 is 0 Å². The van der Waals surface area contributed by atoms with Crippen LogP contribution in [0.5, 0.6) is 0 Å². The van der Waals surface area contributed by atoms with E-state index in [1.165, 1.54) is 12.1 Å². The van der Waals surface area contributed by atoms with Gasteiger partial charge in [0.15, 0.2) is 0 Å². The van der Waals surface area contributed by atoms with E-state index < -0.39 is 5.97 Å². The van der Waals surface area contributed by atoms with Gasteiger partial charge >= 0.3 is 5.97 Å². The Labute approximate surface area is 142 Å². The summed E-state index contributed by atoms with van der Waals surface area (Å²) in [6.07, 6.45) is 0. The Hall–Kier alpha value is -3.60. The van der Waals surface area contributed by atoms with Gasteiger partial charge in [-0.3, -0.25) is 4.79 Å². The number of amides is 1. The van der Waals surface area contributed by atoms with Crippen LogP contribution in [0.1, 0.15) is 20.7 Å². The summed E-state index contributed by atoms with van der Waals surface area (Å²) < 4.78 is 0. The van der Waals surface area contributed by atoms with Crippen molar-refractivity contribution in [1.29, 1.82) is 0 Å². The number of rotatable bonds is 3. The summed E-state index contributed by atoms with van der Waals surface area (Å²) in [7, 11) is 0. The number of hydrogen-bond donors (Lipinski definition) is 3. The lowest BCUT2D eigenvalue weighted by molar-refractivity contribution is 0.0696. The molecule has 3 N–H and O–H groups in total. The maximum Gasteiger partial charge on any atom is 0.335 e. The van der Waals surface area contributed by atoms with E-state index in [0.717, 1.165) is 21.8 Å². The third-order valence-electron chi connectivity index (χ3n) is 4.15. The Kier molecular flexibility index (Phi) is 3.47. The fourth-order valence-corrected chi connectivity index (χ4v) is 2.99. The molecule has 0 aliphatic rings. The Balaban J connectivity index is 1.75. The maximum atomic E-state index is 12.7. The number of aromatic carboxylic acids is 1. The van der Waals surface area contributed by atoms with Crippen LogP contribution in [-0.2, 0) is 0 Å². The number of aromatic amines is 1. The molecule has 5 heteroatoms. The van der Waals surface area contributed by atoms with Gasteiger partial charge in [0.2, 0.25) is 0 Å². The Morgan fingerprint density at radius 2 is 1.64 bits per heavy atom. The molecule has 5 nitrogen and oxygen atoms in total. The van der Waals surface area contributed by atoms with Gasteiger partial charge in [-0.2, -0.15) is 0 Å². The van der Waals surface area contributed by atoms with Gasteiger partial charge in [0, 0.05) is 22.0 Å². The van der Waals surface area contributed by atoms with Gasteiger partial charge in [0.1, 0.15) is 0 Å². The number of carboxylic acid groups (broad SMARTS) is 1. The Morgan fingerprint density at radius 3 is 2.48 bits per heavy atom. The van der Waals surface area contributed by atoms with Crippen LogP contribution in [0.25, 0.3) is 21.8 Å². The van der Waals surface area contributed by atoms with Gasteiger partial charge in [-0.1, -0.05) is 36.4 Å². The topological polar surface area (TPSA) is 82.2 Å². The molecule has 25 heavy (non-hydrogen) atoms. The van der Waals surface area contributed by atoms with E-state index in [1.54, 1.807) is 18.2 Å². The van der Waals surface area contributed by atoms with Gasteiger partial charge in [0.05, 0.1) is 16.6 Å². The van der Waals surface area contributed by atoms with E-state index in [9.17, 15) is 9.59 Å². The zero-order chi connectivity index (χ0) is 17.4. The predicted octanol–water partition coefficient (Wildman–Crippen LogP) is 4.27. The lowest BCUT2D eigenvalue weighted by Gasteiger charge is -2.07. The standard InChI is InChI=1S/C20H14N2O3/c23-19(21-13-6-3-5-12(11-13)20(24)25)16-9-4-8-15-14-7-1-2-10-17(14)22-18(15)16/h1-11,22H,(H,21,23)(H,24,25). The third-order valence-corrected chi connectivity index (χ3v) is 4.15. The van der Waals surface area contributed by atoms with Crippen LogP contribution in [0.2, 0.25) is 0 Å². The molecule has 0 saturated carbocycles. The minimum absolute atomic E-state index is 0.127. The molecule has 0 aliphatic heterocycles. The molecule has 1 amide bonds. The highest BCUT2D eigenvalue weighted by Crippen LogP contribution is 2.28. The van der Waals surface area contributed by atoms with Gasteiger partial charge in [0.25, 0.3) is 5.91 Å². The molecule has 1 heterocycles. The van der Waals surface area contributed by atoms with Crippen molar-refractivity contribution in [2.45, 2.75) is 0 Å².